The molecule has 0 aliphatic carbocycles. The number of hydrogen-bond acceptors (Lipinski definition) is 7. The van der Waals surface area contributed by atoms with Crippen molar-refractivity contribution in [2.45, 2.75) is 6.54 Å². The zero-order valence-corrected chi connectivity index (χ0v) is 16.6. The second-order valence-corrected chi connectivity index (χ2v) is 7.34. The molecule has 0 spiro atoms. The summed E-state index contributed by atoms with van der Waals surface area (Å²) in [6, 6.07) is 4.01. The maximum atomic E-state index is 9.86. The lowest BCUT2D eigenvalue weighted by Crippen LogP contribution is -2.41. The van der Waals surface area contributed by atoms with E-state index in [-0.39, 0.29) is 6.61 Å². The van der Waals surface area contributed by atoms with Crippen molar-refractivity contribution in [1.29, 1.82) is 0 Å². The Morgan fingerprint density at radius 2 is 1.59 bits per heavy atom. The molecule has 0 unspecified atom stereocenters. The Bertz CT molecular complexity index is 581. The summed E-state index contributed by atoms with van der Waals surface area (Å²) in [5.41, 5.74) is 1.12. The van der Waals surface area contributed by atoms with Gasteiger partial charge in [-0.05, 0) is 29.5 Å². The number of aliphatic hydroxyl groups is 1. The molecule has 1 aromatic carbocycles. The number of methoxy groups -OCH3 is 3. The van der Waals surface area contributed by atoms with Gasteiger partial charge in [0.05, 0.1) is 34.5 Å². The molecular formula is C20H32N2O5. The van der Waals surface area contributed by atoms with Crippen molar-refractivity contribution >= 4 is 0 Å². The molecule has 0 bridgehead atoms. The summed E-state index contributed by atoms with van der Waals surface area (Å²) in [5.74, 6) is 2.76. The summed E-state index contributed by atoms with van der Waals surface area (Å²) in [6.07, 6.45) is 0. The fourth-order valence-corrected chi connectivity index (χ4v) is 4.18. The molecule has 3 rings (SSSR count). The lowest BCUT2D eigenvalue weighted by molar-refractivity contribution is 0.0264. The number of likely N-dealkylation sites (tertiary alicyclic amines) is 1. The molecule has 2 heterocycles. The maximum Gasteiger partial charge on any atom is 0.203 e. The molecule has 7 nitrogen and oxygen atoms in total. The van der Waals surface area contributed by atoms with Crippen molar-refractivity contribution in [1.82, 2.24) is 9.80 Å². The summed E-state index contributed by atoms with van der Waals surface area (Å²) >= 11 is 0. The van der Waals surface area contributed by atoms with E-state index < -0.39 is 0 Å². The van der Waals surface area contributed by atoms with Crippen LogP contribution in [-0.4, -0.2) is 88.8 Å². The first-order valence-electron chi connectivity index (χ1n) is 9.60. The zero-order chi connectivity index (χ0) is 19.2. The summed E-state index contributed by atoms with van der Waals surface area (Å²) < 4.78 is 21.8. The first kappa shape index (κ1) is 20.2. The molecule has 152 valence electrons. The van der Waals surface area contributed by atoms with Crippen molar-refractivity contribution in [2.75, 3.05) is 73.9 Å². The highest BCUT2D eigenvalue weighted by Gasteiger charge is 2.33. The van der Waals surface area contributed by atoms with Crippen molar-refractivity contribution < 1.29 is 24.1 Å². The minimum absolute atomic E-state index is 0.237. The van der Waals surface area contributed by atoms with Gasteiger partial charge in [-0.15, -0.1) is 0 Å². The minimum atomic E-state index is 0.237. The average Bonchev–Trinajstić information content (AvgIpc) is 3.08. The van der Waals surface area contributed by atoms with E-state index >= 15 is 0 Å². The third-order valence-corrected chi connectivity index (χ3v) is 5.61. The Hall–Kier alpha value is -1.54. The monoisotopic (exact) mass is 380 g/mol. The predicted octanol–water partition coefficient (Wildman–Crippen LogP) is 1.08. The topological polar surface area (TPSA) is 63.6 Å². The van der Waals surface area contributed by atoms with E-state index in [0.717, 1.165) is 58.0 Å². The Kier molecular flexibility index (Phi) is 7.18. The Balaban J connectivity index is 1.66. The lowest BCUT2D eigenvalue weighted by Gasteiger charge is -2.30. The van der Waals surface area contributed by atoms with Gasteiger partial charge in [0, 0.05) is 45.9 Å². The first-order chi connectivity index (χ1) is 13.2. The highest BCUT2D eigenvalue weighted by Crippen LogP contribution is 2.39. The highest BCUT2D eigenvalue weighted by molar-refractivity contribution is 5.53. The van der Waals surface area contributed by atoms with Gasteiger partial charge in [-0.2, -0.15) is 0 Å². The van der Waals surface area contributed by atoms with E-state index in [4.69, 9.17) is 18.9 Å². The quantitative estimate of drug-likeness (QED) is 0.724. The van der Waals surface area contributed by atoms with Crippen molar-refractivity contribution in [3.63, 3.8) is 0 Å². The molecule has 2 saturated heterocycles. The maximum absolute atomic E-state index is 9.86. The number of morpholine rings is 1. The molecular weight excluding hydrogens is 348 g/mol. The Morgan fingerprint density at radius 1 is 0.963 bits per heavy atom. The SMILES string of the molecule is COc1cc(CN2C[C@@H](CN3CCOCC3)[C@@H](CO)C2)cc(OC)c1OC. The molecule has 0 saturated carbocycles. The van der Waals surface area contributed by atoms with Crippen LogP contribution in [0.4, 0.5) is 0 Å². The van der Waals surface area contributed by atoms with Gasteiger partial charge in [0.1, 0.15) is 0 Å². The number of nitrogens with zero attached hydrogens (tertiary/aromatic N) is 2. The molecule has 7 heteroatoms. The van der Waals surface area contributed by atoms with Crippen LogP contribution in [0.2, 0.25) is 0 Å². The molecule has 2 aliphatic heterocycles. The van der Waals surface area contributed by atoms with Crippen LogP contribution in [0, 0.1) is 11.8 Å². The van der Waals surface area contributed by atoms with Gasteiger partial charge in [0.2, 0.25) is 5.75 Å². The van der Waals surface area contributed by atoms with E-state index in [1.165, 1.54) is 0 Å². The van der Waals surface area contributed by atoms with Crippen molar-refractivity contribution in [3.05, 3.63) is 17.7 Å². The van der Waals surface area contributed by atoms with Gasteiger partial charge >= 0.3 is 0 Å². The minimum Gasteiger partial charge on any atom is -0.493 e. The van der Waals surface area contributed by atoms with Crippen molar-refractivity contribution in [2.24, 2.45) is 11.8 Å². The second-order valence-electron chi connectivity index (χ2n) is 7.34. The number of ether oxygens (including phenoxy) is 4. The fraction of sp³-hybridized carbons (Fsp3) is 0.700. The molecule has 2 fully saturated rings. The van der Waals surface area contributed by atoms with Crippen LogP contribution >= 0.6 is 0 Å². The van der Waals surface area contributed by atoms with Gasteiger partial charge in [0.25, 0.3) is 0 Å². The van der Waals surface area contributed by atoms with Gasteiger partial charge < -0.3 is 24.1 Å². The Labute approximate surface area is 161 Å². The van der Waals surface area contributed by atoms with E-state index in [9.17, 15) is 5.11 Å². The zero-order valence-electron chi connectivity index (χ0n) is 16.6. The normalized spacial score (nSPS) is 24.1. The first-order valence-corrected chi connectivity index (χ1v) is 9.60. The van der Waals surface area contributed by atoms with Crippen LogP contribution in [0.25, 0.3) is 0 Å². The van der Waals surface area contributed by atoms with E-state index in [2.05, 4.69) is 9.80 Å². The summed E-state index contributed by atoms with van der Waals surface area (Å²) in [7, 11) is 4.89. The third kappa shape index (κ3) is 4.85. The third-order valence-electron chi connectivity index (χ3n) is 5.61. The van der Waals surface area contributed by atoms with Crippen LogP contribution in [-0.2, 0) is 11.3 Å². The fourth-order valence-electron chi connectivity index (χ4n) is 4.18. The molecule has 2 aliphatic rings. The van der Waals surface area contributed by atoms with Gasteiger partial charge in [-0.3, -0.25) is 9.80 Å². The summed E-state index contributed by atoms with van der Waals surface area (Å²) in [6.45, 7) is 7.55. The van der Waals surface area contributed by atoms with Gasteiger partial charge in [-0.1, -0.05) is 0 Å². The molecule has 0 radical (unpaired) electrons. The number of benzene rings is 1. The smallest absolute Gasteiger partial charge is 0.203 e. The molecule has 1 aromatic rings. The molecule has 2 atom stereocenters. The van der Waals surface area contributed by atoms with Crippen LogP contribution in [0.15, 0.2) is 12.1 Å². The number of hydrogen-bond donors (Lipinski definition) is 1. The largest absolute Gasteiger partial charge is 0.493 e. The Morgan fingerprint density at radius 3 is 2.15 bits per heavy atom. The van der Waals surface area contributed by atoms with E-state index in [0.29, 0.717) is 29.1 Å². The van der Waals surface area contributed by atoms with Crippen LogP contribution in [0.1, 0.15) is 5.56 Å². The summed E-state index contributed by atoms with van der Waals surface area (Å²) in [4.78, 5) is 4.87. The molecule has 1 N–H and O–H groups in total. The van der Waals surface area contributed by atoms with Crippen LogP contribution in [0.3, 0.4) is 0 Å². The predicted molar refractivity (Wildman–Crippen MR) is 103 cm³/mol. The standard InChI is InChI=1S/C20H32N2O5/c1-24-18-8-15(9-19(25-2)20(18)26-3)10-22-12-16(17(13-22)14-23)11-21-4-6-27-7-5-21/h8-9,16-17,23H,4-7,10-14H2,1-3H3/t16-,17-/m1/s1. The number of rotatable bonds is 8. The molecule has 0 amide bonds. The van der Waals surface area contributed by atoms with E-state index in [1.54, 1.807) is 21.3 Å². The average molecular weight is 380 g/mol. The van der Waals surface area contributed by atoms with Gasteiger partial charge in [-0.25, -0.2) is 0 Å². The van der Waals surface area contributed by atoms with Gasteiger partial charge in [0.15, 0.2) is 11.5 Å². The van der Waals surface area contributed by atoms with Crippen LogP contribution in [0.5, 0.6) is 17.2 Å². The molecule has 27 heavy (non-hydrogen) atoms. The number of aliphatic hydroxyl groups excluding tert-OH is 1. The lowest BCUT2D eigenvalue weighted by atomic mass is 9.96. The molecule has 0 aromatic heterocycles. The van der Waals surface area contributed by atoms with Crippen LogP contribution < -0.4 is 14.2 Å². The summed E-state index contributed by atoms with van der Waals surface area (Å²) in [5, 5.41) is 9.86. The van der Waals surface area contributed by atoms with E-state index in [1.807, 2.05) is 12.1 Å². The highest BCUT2D eigenvalue weighted by atomic mass is 16.5. The van der Waals surface area contributed by atoms with Crippen molar-refractivity contribution in [3.8, 4) is 17.2 Å². The second kappa shape index (κ2) is 9.59.